The maximum Gasteiger partial charge on any atom is 0.341 e. The van der Waals surface area contributed by atoms with E-state index < -0.39 is 12.6 Å². The van der Waals surface area contributed by atoms with Crippen LogP contribution in [0.1, 0.15) is 5.56 Å². The van der Waals surface area contributed by atoms with E-state index >= 15 is 0 Å². The molecule has 1 heterocycles. The van der Waals surface area contributed by atoms with Crippen molar-refractivity contribution in [3.63, 3.8) is 0 Å². The number of thiocarbonyl (C=S) groups is 1. The van der Waals surface area contributed by atoms with Crippen molar-refractivity contribution >= 4 is 57.9 Å². The molecule has 0 bridgehead atoms. The number of likely N-dealkylation sites (N-methyl/N-ethyl adjacent to an activating group) is 1. The minimum absolute atomic E-state index is 0.214. The van der Waals surface area contributed by atoms with E-state index in [-0.39, 0.29) is 5.91 Å². The van der Waals surface area contributed by atoms with Crippen LogP contribution in [0, 0.1) is 0 Å². The summed E-state index contributed by atoms with van der Waals surface area (Å²) in [4.78, 5) is 24.4. The summed E-state index contributed by atoms with van der Waals surface area (Å²) in [5.41, 5.74) is 0.526. The van der Waals surface area contributed by atoms with Gasteiger partial charge in [0.05, 0.1) is 4.91 Å². The molecule has 0 radical (unpaired) electrons. The molecule has 0 spiro atoms. The molecule has 1 aromatic carbocycles. The number of ether oxygens (including phenoxy) is 1. The van der Waals surface area contributed by atoms with Crippen LogP contribution in [0.4, 0.5) is 0 Å². The normalized spacial score (nSPS) is 16.7. The summed E-state index contributed by atoms with van der Waals surface area (Å²) in [5.74, 6) is -0.965. The lowest BCUT2D eigenvalue weighted by Gasteiger charge is -2.08. The number of carboxylic acid groups (broad SMARTS) is 1. The summed E-state index contributed by atoms with van der Waals surface area (Å²) in [6, 6.07) is 4.74. The van der Waals surface area contributed by atoms with Crippen LogP contribution in [0.15, 0.2) is 23.1 Å². The molecule has 110 valence electrons. The second-order valence-corrected chi connectivity index (χ2v) is 6.22. The van der Waals surface area contributed by atoms with E-state index in [1.165, 1.54) is 16.7 Å². The maximum atomic E-state index is 12.0. The van der Waals surface area contributed by atoms with Gasteiger partial charge in [-0.05, 0) is 24.3 Å². The number of thioether (sulfide) groups is 1. The van der Waals surface area contributed by atoms with Crippen molar-refractivity contribution in [1.82, 2.24) is 4.90 Å². The Morgan fingerprint density at radius 3 is 2.86 bits per heavy atom. The van der Waals surface area contributed by atoms with Gasteiger partial charge in [0.2, 0.25) is 0 Å². The maximum absolute atomic E-state index is 12.0. The fraction of sp³-hybridized carbons (Fsp3) is 0.154. The van der Waals surface area contributed by atoms with E-state index in [4.69, 9.17) is 33.7 Å². The van der Waals surface area contributed by atoms with Gasteiger partial charge in [-0.15, -0.1) is 0 Å². The molecule has 5 nitrogen and oxygen atoms in total. The number of benzene rings is 1. The van der Waals surface area contributed by atoms with Gasteiger partial charge >= 0.3 is 5.97 Å². The monoisotopic (exact) mass is 343 g/mol. The number of hydrogen-bond donors (Lipinski definition) is 1. The van der Waals surface area contributed by atoms with Gasteiger partial charge in [-0.1, -0.05) is 35.6 Å². The fourth-order valence-corrected chi connectivity index (χ4v) is 2.94. The highest BCUT2D eigenvalue weighted by Gasteiger charge is 2.29. The molecule has 8 heteroatoms. The summed E-state index contributed by atoms with van der Waals surface area (Å²) >= 11 is 12.1. The molecule has 0 aliphatic carbocycles. The second-order valence-electron chi connectivity index (χ2n) is 4.11. The molecule has 0 saturated carbocycles. The third kappa shape index (κ3) is 3.75. The first kappa shape index (κ1) is 15.8. The van der Waals surface area contributed by atoms with E-state index in [2.05, 4.69) is 0 Å². The van der Waals surface area contributed by atoms with Crippen LogP contribution in [0.25, 0.3) is 6.08 Å². The Morgan fingerprint density at radius 1 is 1.57 bits per heavy atom. The molecule has 1 amide bonds. The SMILES string of the molecule is CN1C(=O)/C(=C\c2cc(Cl)ccc2OCC(=O)O)SC1=S. The van der Waals surface area contributed by atoms with Crippen molar-refractivity contribution in [3.8, 4) is 5.75 Å². The number of carboxylic acids is 1. The Morgan fingerprint density at radius 2 is 2.29 bits per heavy atom. The Kier molecular flexibility index (Phi) is 4.87. The molecule has 1 fully saturated rings. The molecule has 1 saturated heterocycles. The number of rotatable bonds is 4. The van der Waals surface area contributed by atoms with Crippen LogP contribution in [0.3, 0.4) is 0 Å². The zero-order valence-electron chi connectivity index (χ0n) is 10.8. The van der Waals surface area contributed by atoms with Gasteiger partial charge < -0.3 is 9.84 Å². The van der Waals surface area contributed by atoms with Crippen molar-refractivity contribution in [1.29, 1.82) is 0 Å². The van der Waals surface area contributed by atoms with Crippen LogP contribution in [-0.4, -0.2) is 39.9 Å². The van der Waals surface area contributed by atoms with Crippen LogP contribution in [-0.2, 0) is 9.59 Å². The zero-order chi connectivity index (χ0) is 15.6. The molecule has 2 rings (SSSR count). The molecular weight excluding hydrogens is 334 g/mol. The highest BCUT2D eigenvalue weighted by Crippen LogP contribution is 2.34. The van der Waals surface area contributed by atoms with Gasteiger partial charge in [0, 0.05) is 17.6 Å². The zero-order valence-corrected chi connectivity index (χ0v) is 13.2. The minimum Gasteiger partial charge on any atom is -0.481 e. The molecule has 21 heavy (non-hydrogen) atoms. The highest BCUT2D eigenvalue weighted by molar-refractivity contribution is 8.26. The van der Waals surface area contributed by atoms with Gasteiger partial charge in [0.15, 0.2) is 6.61 Å². The van der Waals surface area contributed by atoms with Gasteiger partial charge in [-0.2, -0.15) is 0 Å². The first-order valence-corrected chi connectivity index (χ1v) is 7.34. The topological polar surface area (TPSA) is 66.8 Å². The number of nitrogens with zero attached hydrogens (tertiary/aromatic N) is 1. The summed E-state index contributed by atoms with van der Waals surface area (Å²) in [7, 11) is 1.60. The average molecular weight is 344 g/mol. The smallest absolute Gasteiger partial charge is 0.341 e. The van der Waals surface area contributed by atoms with E-state index in [9.17, 15) is 9.59 Å². The number of aliphatic carboxylic acids is 1. The first-order chi connectivity index (χ1) is 9.88. The summed E-state index contributed by atoms with van der Waals surface area (Å²) < 4.78 is 5.64. The van der Waals surface area contributed by atoms with Crippen LogP contribution in [0.2, 0.25) is 5.02 Å². The Bertz CT molecular complexity index is 660. The van der Waals surface area contributed by atoms with E-state index in [1.807, 2.05) is 0 Å². The predicted molar refractivity (Wildman–Crippen MR) is 85.5 cm³/mol. The third-order valence-corrected chi connectivity index (χ3v) is 4.32. The fourth-order valence-electron chi connectivity index (χ4n) is 1.59. The number of hydrogen-bond acceptors (Lipinski definition) is 5. The highest BCUT2D eigenvalue weighted by atomic mass is 35.5. The number of halogens is 1. The lowest BCUT2D eigenvalue weighted by atomic mass is 10.2. The Hall–Kier alpha value is -1.57. The molecule has 0 aromatic heterocycles. The minimum atomic E-state index is -1.09. The van der Waals surface area contributed by atoms with Gasteiger partial charge in [0.1, 0.15) is 10.1 Å². The molecule has 1 N–H and O–H groups in total. The molecule has 0 atom stereocenters. The average Bonchev–Trinajstić information content (AvgIpc) is 2.65. The standard InChI is InChI=1S/C13H10ClNO4S2/c1-15-12(18)10(21-13(15)20)5-7-4-8(14)2-3-9(7)19-6-11(16)17/h2-5H,6H2,1H3,(H,16,17)/b10-5+. The van der Waals surface area contributed by atoms with Gasteiger partial charge in [-0.25, -0.2) is 4.79 Å². The number of amides is 1. The summed E-state index contributed by atoms with van der Waals surface area (Å²) in [6.07, 6.45) is 1.59. The van der Waals surface area contributed by atoms with Crippen LogP contribution >= 0.6 is 35.6 Å². The van der Waals surface area contributed by atoms with Crippen LogP contribution < -0.4 is 4.74 Å². The molecule has 1 aliphatic heterocycles. The van der Waals surface area contributed by atoms with Crippen LogP contribution in [0.5, 0.6) is 5.75 Å². The van der Waals surface area contributed by atoms with Crippen molar-refractivity contribution < 1.29 is 19.4 Å². The van der Waals surface area contributed by atoms with Crippen molar-refractivity contribution in [2.45, 2.75) is 0 Å². The van der Waals surface area contributed by atoms with Gasteiger partial charge in [0.25, 0.3) is 5.91 Å². The van der Waals surface area contributed by atoms with Gasteiger partial charge in [-0.3, -0.25) is 9.69 Å². The van der Waals surface area contributed by atoms with Crippen molar-refractivity contribution in [2.24, 2.45) is 0 Å². The third-order valence-electron chi connectivity index (χ3n) is 2.60. The van der Waals surface area contributed by atoms with Crippen molar-refractivity contribution in [3.05, 3.63) is 33.7 Å². The Labute approximate surface area is 135 Å². The second kappa shape index (κ2) is 6.46. The summed E-state index contributed by atoms with van der Waals surface area (Å²) in [5, 5.41) is 9.12. The quantitative estimate of drug-likeness (QED) is 0.669. The summed E-state index contributed by atoms with van der Waals surface area (Å²) in [6.45, 7) is -0.475. The largest absolute Gasteiger partial charge is 0.481 e. The molecule has 0 unspecified atom stereocenters. The molecule has 1 aromatic rings. The van der Waals surface area contributed by atoms with E-state index in [1.54, 1.807) is 31.3 Å². The lowest BCUT2D eigenvalue weighted by molar-refractivity contribution is -0.139. The predicted octanol–water partition coefficient (Wildman–Crippen LogP) is 2.63. The number of carbonyl (C=O) groups is 2. The van der Waals surface area contributed by atoms with Crippen molar-refractivity contribution in [2.75, 3.05) is 13.7 Å². The number of carbonyl (C=O) groups excluding carboxylic acids is 1. The van der Waals surface area contributed by atoms with E-state index in [0.717, 1.165) is 0 Å². The Balaban J connectivity index is 2.34. The molecular formula is C13H10ClNO4S2. The van der Waals surface area contributed by atoms with E-state index in [0.29, 0.717) is 25.6 Å². The lowest BCUT2D eigenvalue weighted by Crippen LogP contribution is -2.22. The first-order valence-electron chi connectivity index (χ1n) is 5.74. The molecule has 1 aliphatic rings.